The summed E-state index contributed by atoms with van der Waals surface area (Å²) in [4.78, 5) is 51.2. The topological polar surface area (TPSA) is 140 Å². The lowest BCUT2D eigenvalue weighted by molar-refractivity contribution is -0.140. The van der Waals surface area contributed by atoms with Gasteiger partial charge in [-0.15, -0.1) is 0 Å². The molecule has 13 nitrogen and oxygen atoms in total. The Morgan fingerprint density at radius 3 is 2.55 bits per heavy atom. The lowest BCUT2D eigenvalue weighted by Crippen LogP contribution is -2.47. The number of nitrogens with one attached hydrogen (secondary N) is 2. The van der Waals surface area contributed by atoms with Gasteiger partial charge in [0.25, 0.3) is 5.56 Å². The van der Waals surface area contributed by atoms with Crippen molar-refractivity contribution < 1.29 is 37.0 Å². The number of unbranched alkanes of at least 4 members (excludes halogenated alkanes) is 3. The minimum atomic E-state index is -4.73. The number of nitrogens with zero attached hydrogens (tertiary/aromatic N) is 5. The fraction of sp³-hybridized carbons (Fsp3) is 0.488. The number of carbonyl (C=O) groups is 2. The summed E-state index contributed by atoms with van der Waals surface area (Å²) in [5.74, 6) is 0.890. The van der Waals surface area contributed by atoms with Crippen LogP contribution < -0.4 is 30.6 Å². The van der Waals surface area contributed by atoms with E-state index in [-0.39, 0.29) is 48.4 Å². The van der Waals surface area contributed by atoms with Crippen LogP contribution in [0.25, 0.3) is 10.9 Å². The van der Waals surface area contributed by atoms with Crippen molar-refractivity contribution in [2.75, 3.05) is 55.0 Å². The van der Waals surface area contributed by atoms with Crippen molar-refractivity contribution in [1.82, 2.24) is 19.4 Å². The zero-order valence-corrected chi connectivity index (χ0v) is 34.7. The summed E-state index contributed by atoms with van der Waals surface area (Å²) < 4.78 is 63.1. The Kier molecular flexibility index (Phi) is 13.8. The Balaban J connectivity index is 1.00. The molecule has 4 heterocycles. The molecule has 2 aliphatic heterocycles. The summed E-state index contributed by atoms with van der Waals surface area (Å²) in [6.07, 6.45) is 1.57. The molecule has 2 atom stereocenters. The van der Waals surface area contributed by atoms with Crippen LogP contribution >= 0.6 is 15.9 Å². The van der Waals surface area contributed by atoms with Crippen LogP contribution in [-0.4, -0.2) is 83.0 Å². The Hall–Kier alpha value is -4.90. The number of pyridine rings is 1. The molecule has 4 aromatic rings. The Morgan fingerprint density at radius 2 is 1.83 bits per heavy atom. The third kappa shape index (κ3) is 10.0. The summed E-state index contributed by atoms with van der Waals surface area (Å²) in [6.45, 7) is 10.1. The van der Waals surface area contributed by atoms with Crippen molar-refractivity contribution in [3.63, 3.8) is 0 Å². The minimum absolute atomic E-state index is 0.00724. The zero-order valence-electron chi connectivity index (χ0n) is 33.1. The number of anilines is 3. The van der Waals surface area contributed by atoms with E-state index in [4.69, 9.17) is 14.2 Å². The number of benzene rings is 2. The third-order valence-corrected chi connectivity index (χ3v) is 11.3. The number of likely N-dealkylation sites (N-methyl/N-ethyl adjacent to an activating group) is 1. The van der Waals surface area contributed by atoms with Crippen LogP contribution in [0.2, 0.25) is 0 Å². The molecule has 1 fully saturated rings. The highest BCUT2D eigenvalue weighted by atomic mass is 79.9. The van der Waals surface area contributed by atoms with Crippen molar-refractivity contribution in [1.29, 1.82) is 0 Å². The highest BCUT2D eigenvalue weighted by Crippen LogP contribution is 2.45. The fourth-order valence-electron chi connectivity index (χ4n) is 7.38. The molecule has 1 saturated heterocycles. The molecule has 2 aromatic carbocycles. The van der Waals surface area contributed by atoms with Crippen molar-refractivity contribution in [2.45, 2.75) is 91.1 Å². The number of hydrogen-bond donors (Lipinski definition) is 2. The van der Waals surface area contributed by atoms with E-state index in [2.05, 4.69) is 41.4 Å². The maximum atomic E-state index is 14.3. The summed E-state index contributed by atoms with van der Waals surface area (Å²) in [6, 6.07) is 7.12. The molecule has 2 aromatic heterocycles. The second-order valence-corrected chi connectivity index (χ2v) is 15.4. The van der Waals surface area contributed by atoms with Gasteiger partial charge in [-0.2, -0.15) is 13.2 Å². The molecule has 0 spiro atoms. The number of rotatable bonds is 14. The van der Waals surface area contributed by atoms with Crippen molar-refractivity contribution in [3.05, 3.63) is 74.4 Å². The van der Waals surface area contributed by atoms with E-state index in [0.29, 0.717) is 87.4 Å². The number of alkyl halides is 3. The first-order chi connectivity index (χ1) is 27.8. The summed E-state index contributed by atoms with van der Waals surface area (Å²) in [5.41, 5.74) is 1.15. The van der Waals surface area contributed by atoms with Gasteiger partial charge in [-0.1, -0.05) is 35.7 Å². The SMILES string of the molecule is CC[C@@H]1COc2c(ccc3c2c(C(F)(F)F)cc(=O)n3CCCCCCC(=O)N2CCO[C@H](COc3cc(C)c(Br)cc3NC(=O)Nc3cnc(C)cn3)C2)N1CC. The first-order valence-electron chi connectivity index (χ1n) is 19.6. The number of carbonyl (C=O) groups excluding carboxylic acids is 2. The minimum Gasteiger partial charge on any atom is -0.489 e. The molecule has 2 aliphatic rings. The second kappa shape index (κ2) is 18.8. The van der Waals surface area contributed by atoms with Crippen molar-refractivity contribution in [3.8, 4) is 11.5 Å². The number of ether oxygens (including phenoxy) is 3. The zero-order chi connectivity index (χ0) is 41.6. The Morgan fingerprint density at radius 1 is 1.03 bits per heavy atom. The largest absolute Gasteiger partial charge is 0.489 e. The van der Waals surface area contributed by atoms with Gasteiger partial charge in [0.15, 0.2) is 11.6 Å². The van der Waals surface area contributed by atoms with E-state index in [9.17, 15) is 27.6 Å². The van der Waals surface area contributed by atoms with Gasteiger partial charge in [-0.25, -0.2) is 9.78 Å². The molecular weight excluding hydrogens is 823 g/mol. The highest BCUT2D eigenvalue weighted by molar-refractivity contribution is 9.10. The van der Waals surface area contributed by atoms with Gasteiger partial charge in [0.05, 0.1) is 65.1 Å². The maximum Gasteiger partial charge on any atom is 0.417 e. The van der Waals surface area contributed by atoms with Gasteiger partial charge in [-0.05, 0) is 69.9 Å². The van der Waals surface area contributed by atoms with Crippen LogP contribution in [0.5, 0.6) is 11.5 Å². The van der Waals surface area contributed by atoms with Crippen LogP contribution in [0.1, 0.15) is 69.2 Å². The average Bonchev–Trinajstić information content (AvgIpc) is 3.20. The number of fused-ring (bicyclic) bond motifs is 3. The Labute approximate surface area is 343 Å². The van der Waals surface area contributed by atoms with Crippen LogP contribution in [-0.2, 0) is 22.3 Å². The van der Waals surface area contributed by atoms with Gasteiger partial charge in [0, 0.05) is 36.6 Å². The fourth-order valence-corrected chi connectivity index (χ4v) is 7.73. The van der Waals surface area contributed by atoms with Gasteiger partial charge >= 0.3 is 12.2 Å². The summed E-state index contributed by atoms with van der Waals surface area (Å²) >= 11 is 3.51. The van der Waals surface area contributed by atoms with Crippen LogP contribution in [0.15, 0.2) is 52.0 Å². The van der Waals surface area contributed by atoms with Crippen LogP contribution in [0.4, 0.5) is 35.2 Å². The molecule has 0 saturated carbocycles. The normalized spacial score (nSPS) is 16.8. The van der Waals surface area contributed by atoms with Crippen LogP contribution in [0.3, 0.4) is 0 Å². The van der Waals surface area contributed by atoms with Crippen LogP contribution in [0, 0.1) is 13.8 Å². The molecule has 17 heteroatoms. The van der Waals surface area contributed by atoms with Gasteiger partial charge in [0.1, 0.15) is 25.1 Å². The first-order valence-corrected chi connectivity index (χ1v) is 20.4. The highest BCUT2D eigenvalue weighted by Gasteiger charge is 2.38. The maximum absolute atomic E-state index is 14.3. The monoisotopic (exact) mass is 871 g/mol. The number of aryl methyl sites for hydroxylation is 3. The van der Waals surface area contributed by atoms with Gasteiger partial charge in [-0.3, -0.25) is 19.9 Å². The van der Waals surface area contributed by atoms with E-state index in [0.717, 1.165) is 22.2 Å². The number of halogens is 4. The molecule has 6 rings (SSSR count). The van der Waals surface area contributed by atoms with Gasteiger partial charge < -0.3 is 33.9 Å². The van der Waals surface area contributed by atoms with Gasteiger partial charge in [0.2, 0.25) is 5.91 Å². The third-order valence-electron chi connectivity index (χ3n) is 10.5. The quantitative estimate of drug-likeness (QED) is 0.120. The molecule has 58 heavy (non-hydrogen) atoms. The van der Waals surface area contributed by atoms with Crippen molar-refractivity contribution >= 4 is 56.0 Å². The predicted molar refractivity (Wildman–Crippen MR) is 219 cm³/mol. The second-order valence-electron chi connectivity index (χ2n) is 14.5. The van der Waals surface area contributed by atoms with E-state index >= 15 is 0 Å². The van der Waals surface area contributed by atoms with E-state index < -0.39 is 29.4 Å². The number of morpholine rings is 1. The number of hydrogen-bond acceptors (Lipinski definition) is 9. The molecule has 0 radical (unpaired) electrons. The molecule has 3 amide bonds. The lowest BCUT2D eigenvalue weighted by atomic mass is 10.0. The molecule has 0 aliphatic carbocycles. The van der Waals surface area contributed by atoms with E-state index in [1.54, 1.807) is 42.3 Å². The Bertz CT molecular complexity index is 2170. The average molecular weight is 873 g/mol. The lowest BCUT2D eigenvalue weighted by Gasteiger charge is -2.38. The molecule has 0 unspecified atom stereocenters. The van der Waals surface area contributed by atoms with E-state index in [1.165, 1.54) is 10.8 Å². The summed E-state index contributed by atoms with van der Waals surface area (Å²) in [7, 11) is 0. The number of amides is 3. The smallest absolute Gasteiger partial charge is 0.417 e. The molecular formula is C41H49BrF3N7O6. The molecule has 0 bridgehead atoms. The molecule has 2 N–H and O–H groups in total. The predicted octanol–water partition coefficient (Wildman–Crippen LogP) is 8.09. The first kappa shape index (κ1) is 42.7. The standard InChI is InChI=1S/C41H49BrF3N7O6/c1-5-27-23-58-39-33(51(27)6-2)13-12-32-38(39)29(41(43,44)45)18-37(54)52(32)14-10-8-7-9-11-36(53)50-15-16-56-28(22-50)24-57-34-17-25(3)30(42)19-31(34)48-40(55)49-35-21-46-26(4)20-47-35/h12-13,17-21,27-28H,5-11,14-16,22-24H2,1-4H3,(H2,47,48,49,55)/t27-,28+/m1/s1. The van der Waals surface area contributed by atoms with Crippen molar-refractivity contribution in [2.24, 2.45) is 0 Å². The number of aromatic nitrogens is 3. The summed E-state index contributed by atoms with van der Waals surface area (Å²) in [5, 5.41) is 5.36. The molecule has 312 valence electrons. The van der Waals surface area contributed by atoms with E-state index in [1.807, 2.05) is 20.8 Å². The number of urea groups is 1.